The monoisotopic (exact) mass is 260 g/mol. The highest BCUT2D eigenvalue weighted by atomic mass is 16.4. The van der Waals surface area contributed by atoms with Crippen LogP contribution in [0.2, 0.25) is 0 Å². The number of carbonyl (C=O) groups is 3. The van der Waals surface area contributed by atoms with Crippen molar-refractivity contribution in [3.63, 3.8) is 0 Å². The molecule has 0 radical (unpaired) electrons. The molecule has 0 rings (SSSR count). The second-order valence-electron chi connectivity index (χ2n) is 4.08. The third-order valence-corrected chi connectivity index (χ3v) is 2.43. The summed E-state index contributed by atoms with van der Waals surface area (Å²) in [5, 5.41) is 19.7. The molecule has 0 unspecified atom stereocenters. The number of amides is 1. The van der Waals surface area contributed by atoms with E-state index in [4.69, 9.17) is 15.9 Å². The molecular weight excluding hydrogens is 240 g/mol. The lowest BCUT2D eigenvalue weighted by Crippen LogP contribution is -2.48. The average Bonchev–Trinajstić information content (AvgIpc) is 2.27. The van der Waals surface area contributed by atoms with Crippen LogP contribution in [0.3, 0.4) is 0 Å². The van der Waals surface area contributed by atoms with Gasteiger partial charge >= 0.3 is 11.9 Å². The van der Waals surface area contributed by atoms with Crippen molar-refractivity contribution in [3.05, 3.63) is 0 Å². The van der Waals surface area contributed by atoms with Crippen molar-refractivity contribution >= 4 is 17.8 Å². The molecule has 0 heterocycles. The van der Waals surface area contributed by atoms with E-state index in [-0.39, 0.29) is 19.3 Å². The van der Waals surface area contributed by atoms with Gasteiger partial charge in [0.05, 0.1) is 6.04 Å². The smallest absolute Gasteiger partial charge is 0.326 e. The average molecular weight is 260 g/mol. The summed E-state index contributed by atoms with van der Waals surface area (Å²) in [4.78, 5) is 32.7. The molecule has 0 bridgehead atoms. The zero-order chi connectivity index (χ0) is 14.1. The maximum Gasteiger partial charge on any atom is 0.326 e. The van der Waals surface area contributed by atoms with Crippen LogP contribution in [0.15, 0.2) is 0 Å². The number of carboxylic acids is 2. The van der Waals surface area contributed by atoms with Crippen molar-refractivity contribution in [2.45, 2.75) is 51.1 Å². The summed E-state index contributed by atoms with van der Waals surface area (Å²) in [6, 6.07) is -1.81. The maximum atomic E-state index is 11.5. The highest BCUT2D eigenvalue weighted by Crippen LogP contribution is 2.03. The third-order valence-electron chi connectivity index (χ3n) is 2.43. The highest BCUT2D eigenvalue weighted by Gasteiger charge is 2.22. The Balaban J connectivity index is 4.22. The van der Waals surface area contributed by atoms with Crippen LogP contribution in [0.5, 0.6) is 0 Å². The fraction of sp³-hybridized carbons (Fsp3) is 0.727. The van der Waals surface area contributed by atoms with E-state index in [0.717, 1.165) is 6.42 Å². The molecule has 0 aromatic rings. The van der Waals surface area contributed by atoms with Crippen molar-refractivity contribution < 1.29 is 24.6 Å². The van der Waals surface area contributed by atoms with Crippen molar-refractivity contribution in [2.75, 3.05) is 0 Å². The molecule has 18 heavy (non-hydrogen) atoms. The first-order chi connectivity index (χ1) is 8.38. The van der Waals surface area contributed by atoms with Crippen LogP contribution < -0.4 is 11.1 Å². The summed E-state index contributed by atoms with van der Waals surface area (Å²) < 4.78 is 0. The summed E-state index contributed by atoms with van der Waals surface area (Å²) in [6.07, 6.45) is 1.35. The molecule has 104 valence electrons. The number of hydrogen-bond donors (Lipinski definition) is 4. The minimum absolute atomic E-state index is 0.0756. The van der Waals surface area contributed by atoms with Gasteiger partial charge < -0.3 is 21.3 Å². The molecule has 5 N–H and O–H groups in total. The number of rotatable bonds is 9. The Hall–Kier alpha value is -1.63. The molecule has 0 aromatic heterocycles. The molecule has 7 heteroatoms. The molecule has 0 aromatic carbocycles. The fourth-order valence-electron chi connectivity index (χ4n) is 1.44. The van der Waals surface area contributed by atoms with Crippen LogP contribution in [0.25, 0.3) is 0 Å². The second kappa shape index (κ2) is 8.46. The van der Waals surface area contributed by atoms with E-state index in [2.05, 4.69) is 5.32 Å². The molecule has 0 aliphatic carbocycles. The molecule has 1 amide bonds. The van der Waals surface area contributed by atoms with Crippen molar-refractivity contribution in [1.29, 1.82) is 0 Å². The lowest BCUT2D eigenvalue weighted by molar-refractivity contribution is -0.143. The number of nitrogens with two attached hydrogens (primary N) is 1. The van der Waals surface area contributed by atoms with E-state index in [9.17, 15) is 14.4 Å². The number of carboxylic acid groups (broad SMARTS) is 2. The van der Waals surface area contributed by atoms with E-state index in [1.54, 1.807) is 0 Å². The van der Waals surface area contributed by atoms with E-state index in [1.165, 1.54) is 0 Å². The molecular formula is C11H20N2O5. The summed E-state index contributed by atoms with van der Waals surface area (Å²) in [5.41, 5.74) is 5.55. The molecule has 0 saturated heterocycles. The number of hydrogen-bond acceptors (Lipinski definition) is 4. The molecule has 0 fully saturated rings. The van der Waals surface area contributed by atoms with Gasteiger partial charge in [-0.25, -0.2) is 4.79 Å². The number of nitrogens with one attached hydrogen (secondary N) is 1. The van der Waals surface area contributed by atoms with Crippen LogP contribution in [0.4, 0.5) is 0 Å². The molecule has 0 aliphatic heterocycles. The Morgan fingerprint density at radius 2 is 1.83 bits per heavy atom. The topological polar surface area (TPSA) is 130 Å². The van der Waals surface area contributed by atoms with Gasteiger partial charge in [0.25, 0.3) is 0 Å². The van der Waals surface area contributed by atoms with Gasteiger partial charge in [-0.05, 0) is 19.3 Å². The standard InChI is InChI=1S/C11H20N2O5/c1-2-4-7(12)10(16)13-8(11(17)18)5-3-6-9(14)15/h7-8H,2-6,12H2,1H3,(H,13,16)(H,14,15)(H,17,18)/t7-,8-/m1/s1. The highest BCUT2D eigenvalue weighted by molar-refractivity contribution is 5.86. The minimum Gasteiger partial charge on any atom is -0.481 e. The van der Waals surface area contributed by atoms with Crippen molar-refractivity contribution in [1.82, 2.24) is 5.32 Å². The Morgan fingerprint density at radius 3 is 2.28 bits per heavy atom. The largest absolute Gasteiger partial charge is 0.481 e. The van der Waals surface area contributed by atoms with Crippen LogP contribution in [0, 0.1) is 0 Å². The number of carbonyl (C=O) groups excluding carboxylic acids is 1. The summed E-state index contributed by atoms with van der Waals surface area (Å²) >= 11 is 0. The van der Waals surface area contributed by atoms with Gasteiger partial charge in [0.2, 0.25) is 5.91 Å². The SMILES string of the molecule is CCC[C@@H](N)C(=O)N[C@H](CCCC(=O)O)C(=O)O. The summed E-state index contributed by atoms with van der Waals surface area (Å²) in [7, 11) is 0. The van der Waals surface area contributed by atoms with Crippen LogP contribution in [-0.2, 0) is 14.4 Å². The summed E-state index contributed by atoms with van der Waals surface area (Å²) in [5.74, 6) is -2.69. The van der Waals surface area contributed by atoms with Crippen molar-refractivity contribution in [3.8, 4) is 0 Å². The predicted molar refractivity (Wildman–Crippen MR) is 63.9 cm³/mol. The lowest BCUT2D eigenvalue weighted by Gasteiger charge is -2.17. The van der Waals surface area contributed by atoms with E-state index < -0.39 is 29.9 Å². The van der Waals surface area contributed by atoms with Crippen LogP contribution in [-0.4, -0.2) is 40.1 Å². The van der Waals surface area contributed by atoms with Gasteiger partial charge in [-0.1, -0.05) is 13.3 Å². The second-order valence-corrected chi connectivity index (χ2v) is 4.08. The van der Waals surface area contributed by atoms with Gasteiger partial charge in [-0.15, -0.1) is 0 Å². The van der Waals surface area contributed by atoms with Gasteiger partial charge in [0.15, 0.2) is 0 Å². The van der Waals surface area contributed by atoms with E-state index >= 15 is 0 Å². The Morgan fingerprint density at radius 1 is 1.22 bits per heavy atom. The predicted octanol–water partition coefficient (Wildman–Crippen LogP) is -0.0619. The van der Waals surface area contributed by atoms with E-state index in [1.807, 2.05) is 6.92 Å². The van der Waals surface area contributed by atoms with Gasteiger partial charge in [0.1, 0.15) is 6.04 Å². The van der Waals surface area contributed by atoms with Gasteiger partial charge in [-0.3, -0.25) is 9.59 Å². The number of aliphatic carboxylic acids is 2. The molecule has 0 saturated carbocycles. The molecule has 2 atom stereocenters. The first-order valence-corrected chi connectivity index (χ1v) is 5.89. The Kier molecular flexibility index (Phi) is 7.69. The fourth-order valence-corrected chi connectivity index (χ4v) is 1.44. The molecule has 0 aliphatic rings. The normalized spacial score (nSPS) is 13.7. The quantitative estimate of drug-likeness (QED) is 0.459. The zero-order valence-corrected chi connectivity index (χ0v) is 10.4. The Labute approximate surface area is 105 Å². The zero-order valence-electron chi connectivity index (χ0n) is 10.4. The third kappa shape index (κ3) is 6.85. The van der Waals surface area contributed by atoms with Gasteiger partial charge in [0, 0.05) is 6.42 Å². The maximum absolute atomic E-state index is 11.5. The van der Waals surface area contributed by atoms with E-state index in [0.29, 0.717) is 6.42 Å². The lowest BCUT2D eigenvalue weighted by atomic mass is 10.1. The Bertz CT molecular complexity index is 306. The van der Waals surface area contributed by atoms with Crippen LogP contribution in [0.1, 0.15) is 39.0 Å². The molecule has 0 spiro atoms. The van der Waals surface area contributed by atoms with Crippen molar-refractivity contribution in [2.24, 2.45) is 5.73 Å². The summed E-state index contributed by atoms with van der Waals surface area (Å²) in [6.45, 7) is 1.87. The van der Waals surface area contributed by atoms with Crippen LogP contribution >= 0.6 is 0 Å². The van der Waals surface area contributed by atoms with Gasteiger partial charge in [-0.2, -0.15) is 0 Å². The first kappa shape index (κ1) is 16.4. The molecule has 7 nitrogen and oxygen atoms in total. The first-order valence-electron chi connectivity index (χ1n) is 5.89. The minimum atomic E-state index is -1.18.